The van der Waals surface area contributed by atoms with E-state index >= 15 is 0 Å². The minimum atomic E-state index is 0.811. The Labute approximate surface area is 101 Å². The SMILES string of the molecule is Clc1ccc(CNCC2CCSC2)cc1. The molecule has 1 unspecified atom stereocenters. The molecule has 1 aromatic rings. The van der Waals surface area contributed by atoms with Crippen molar-refractivity contribution in [1.82, 2.24) is 5.32 Å². The van der Waals surface area contributed by atoms with Crippen LogP contribution in [0.25, 0.3) is 0 Å². The third kappa shape index (κ3) is 3.71. The highest BCUT2D eigenvalue weighted by Crippen LogP contribution is 2.22. The van der Waals surface area contributed by atoms with Crippen LogP contribution in [0, 0.1) is 5.92 Å². The van der Waals surface area contributed by atoms with Gasteiger partial charge in [0.25, 0.3) is 0 Å². The summed E-state index contributed by atoms with van der Waals surface area (Å²) < 4.78 is 0. The lowest BCUT2D eigenvalue weighted by molar-refractivity contribution is 0.523. The molecule has 1 atom stereocenters. The molecule has 1 heterocycles. The second-order valence-corrected chi connectivity index (χ2v) is 5.57. The zero-order valence-electron chi connectivity index (χ0n) is 8.71. The van der Waals surface area contributed by atoms with Gasteiger partial charge in [-0.2, -0.15) is 11.8 Å². The summed E-state index contributed by atoms with van der Waals surface area (Å²) in [7, 11) is 0. The fraction of sp³-hybridized carbons (Fsp3) is 0.500. The van der Waals surface area contributed by atoms with Crippen LogP contribution in [-0.4, -0.2) is 18.1 Å². The molecule has 0 aliphatic carbocycles. The molecule has 0 aromatic heterocycles. The van der Waals surface area contributed by atoms with Gasteiger partial charge in [0.1, 0.15) is 0 Å². The van der Waals surface area contributed by atoms with Crippen molar-refractivity contribution in [3.05, 3.63) is 34.9 Å². The predicted molar refractivity (Wildman–Crippen MR) is 68.6 cm³/mol. The molecule has 1 aromatic carbocycles. The highest BCUT2D eigenvalue weighted by atomic mass is 35.5. The van der Waals surface area contributed by atoms with E-state index in [1.165, 1.54) is 23.5 Å². The van der Waals surface area contributed by atoms with E-state index < -0.39 is 0 Å². The molecule has 15 heavy (non-hydrogen) atoms. The van der Waals surface area contributed by atoms with Crippen molar-refractivity contribution in [2.45, 2.75) is 13.0 Å². The molecule has 1 fully saturated rings. The van der Waals surface area contributed by atoms with Gasteiger partial charge in [-0.15, -0.1) is 0 Å². The molecular weight excluding hydrogens is 226 g/mol. The van der Waals surface area contributed by atoms with Crippen LogP contribution in [0.3, 0.4) is 0 Å². The van der Waals surface area contributed by atoms with Crippen LogP contribution < -0.4 is 5.32 Å². The van der Waals surface area contributed by atoms with Gasteiger partial charge in [0, 0.05) is 11.6 Å². The van der Waals surface area contributed by atoms with Crippen molar-refractivity contribution in [3.8, 4) is 0 Å². The summed E-state index contributed by atoms with van der Waals surface area (Å²) in [6, 6.07) is 8.06. The van der Waals surface area contributed by atoms with E-state index in [0.717, 1.165) is 24.0 Å². The highest BCUT2D eigenvalue weighted by molar-refractivity contribution is 7.99. The standard InChI is InChI=1S/C12H16ClNS/c13-12-3-1-10(2-4-12)7-14-8-11-5-6-15-9-11/h1-4,11,14H,5-9H2. The van der Waals surface area contributed by atoms with Crippen molar-refractivity contribution in [1.29, 1.82) is 0 Å². The molecule has 1 aliphatic rings. The molecule has 0 spiro atoms. The number of hydrogen-bond acceptors (Lipinski definition) is 2. The molecule has 1 nitrogen and oxygen atoms in total. The first-order chi connectivity index (χ1) is 7.34. The van der Waals surface area contributed by atoms with Crippen LogP contribution in [0.2, 0.25) is 5.02 Å². The van der Waals surface area contributed by atoms with Crippen molar-refractivity contribution in [3.63, 3.8) is 0 Å². The van der Waals surface area contributed by atoms with Gasteiger partial charge in [-0.3, -0.25) is 0 Å². The summed E-state index contributed by atoms with van der Waals surface area (Å²) in [6.07, 6.45) is 1.37. The zero-order chi connectivity index (χ0) is 10.5. The fourth-order valence-corrected chi connectivity index (χ4v) is 3.18. The van der Waals surface area contributed by atoms with E-state index in [-0.39, 0.29) is 0 Å². The van der Waals surface area contributed by atoms with Gasteiger partial charge < -0.3 is 5.32 Å². The Morgan fingerprint density at radius 1 is 1.33 bits per heavy atom. The Bertz CT molecular complexity index is 293. The first-order valence-electron chi connectivity index (χ1n) is 5.37. The molecule has 0 radical (unpaired) electrons. The molecular formula is C12H16ClNS. The Hall–Kier alpha value is -0.180. The summed E-state index contributed by atoms with van der Waals surface area (Å²) in [5, 5.41) is 4.32. The average molecular weight is 242 g/mol. The van der Waals surface area contributed by atoms with Crippen LogP contribution in [0.1, 0.15) is 12.0 Å². The Kier molecular flexibility index (Phi) is 4.36. The Balaban J connectivity index is 1.71. The van der Waals surface area contributed by atoms with E-state index in [1.807, 2.05) is 12.1 Å². The first-order valence-corrected chi connectivity index (χ1v) is 6.91. The molecule has 1 aliphatic heterocycles. The van der Waals surface area contributed by atoms with Crippen molar-refractivity contribution in [2.75, 3.05) is 18.1 Å². The second kappa shape index (κ2) is 5.78. The maximum Gasteiger partial charge on any atom is 0.0406 e. The van der Waals surface area contributed by atoms with Gasteiger partial charge >= 0.3 is 0 Å². The number of halogens is 1. The van der Waals surface area contributed by atoms with Crippen LogP contribution >= 0.6 is 23.4 Å². The first kappa shape index (κ1) is 11.3. The lowest BCUT2D eigenvalue weighted by atomic mass is 10.1. The monoisotopic (exact) mass is 241 g/mol. The summed E-state index contributed by atoms with van der Waals surface area (Å²) in [6.45, 7) is 2.11. The molecule has 1 N–H and O–H groups in total. The van der Waals surface area contributed by atoms with Crippen LogP contribution in [0.15, 0.2) is 24.3 Å². The number of rotatable bonds is 4. The number of benzene rings is 1. The van der Waals surface area contributed by atoms with Crippen LogP contribution in [0.5, 0.6) is 0 Å². The number of nitrogens with one attached hydrogen (secondary N) is 1. The molecule has 0 bridgehead atoms. The fourth-order valence-electron chi connectivity index (χ4n) is 1.77. The number of thioether (sulfide) groups is 1. The van der Waals surface area contributed by atoms with Gasteiger partial charge in [0.05, 0.1) is 0 Å². The van der Waals surface area contributed by atoms with Gasteiger partial charge in [0.2, 0.25) is 0 Å². The Morgan fingerprint density at radius 2 is 2.13 bits per heavy atom. The topological polar surface area (TPSA) is 12.0 Å². The van der Waals surface area contributed by atoms with Crippen molar-refractivity contribution < 1.29 is 0 Å². The maximum absolute atomic E-state index is 5.83. The Morgan fingerprint density at radius 3 is 2.80 bits per heavy atom. The lowest BCUT2D eigenvalue weighted by Gasteiger charge is -2.09. The minimum absolute atomic E-state index is 0.811. The molecule has 2 rings (SSSR count). The van der Waals surface area contributed by atoms with E-state index in [1.54, 1.807) is 0 Å². The van der Waals surface area contributed by atoms with Gasteiger partial charge in [-0.25, -0.2) is 0 Å². The molecule has 1 saturated heterocycles. The number of hydrogen-bond donors (Lipinski definition) is 1. The van der Waals surface area contributed by atoms with Gasteiger partial charge in [-0.1, -0.05) is 23.7 Å². The molecule has 3 heteroatoms. The van der Waals surface area contributed by atoms with Crippen LogP contribution in [-0.2, 0) is 6.54 Å². The molecule has 82 valence electrons. The third-order valence-corrected chi connectivity index (χ3v) is 4.18. The van der Waals surface area contributed by atoms with E-state index in [9.17, 15) is 0 Å². The second-order valence-electron chi connectivity index (χ2n) is 3.99. The van der Waals surface area contributed by atoms with E-state index in [0.29, 0.717) is 0 Å². The van der Waals surface area contributed by atoms with Crippen molar-refractivity contribution >= 4 is 23.4 Å². The average Bonchev–Trinajstić information content (AvgIpc) is 2.74. The van der Waals surface area contributed by atoms with E-state index in [2.05, 4.69) is 29.2 Å². The third-order valence-electron chi connectivity index (χ3n) is 2.70. The predicted octanol–water partition coefficient (Wildman–Crippen LogP) is 3.18. The quantitative estimate of drug-likeness (QED) is 0.869. The van der Waals surface area contributed by atoms with E-state index in [4.69, 9.17) is 11.6 Å². The largest absolute Gasteiger partial charge is 0.312 e. The van der Waals surface area contributed by atoms with Crippen LogP contribution in [0.4, 0.5) is 0 Å². The maximum atomic E-state index is 5.83. The normalized spacial score (nSPS) is 20.7. The molecule has 0 amide bonds. The minimum Gasteiger partial charge on any atom is -0.312 e. The summed E-state index contributed by atoms with van der Waals surface area (Å²) >= 11 is 7.90. The summed E-state index contributed by atoms with van der Waals surface area (Å²) in [5.74, 6) is 3.54. The lowest BCUT2D eigenvalue weighted by Crippen LogP contribution is -2.22. The smallest absolute Gasteiger partial charge is 0.0406 e. The van der Waals surface area contributed by atoms with Gasteiger partial charge in [0.15, 0.2) is 0 Å². The molecule has 0 saturated carbocycles. The summed E-state index contributed by atoms with van der Waals surface area (Å²) in [4.78, 5) is 0. The van der Waals surface area contributed by atoms with Crippen molar-refractivity contribution in [2.24, 2.45) is 5.92 Å². The summed E-state index contributed by atoms with van der Waals surface area (Å²) in [5.41, 5.74) is 1.31. The zero-order valence-corrected chi connectivity index (χ0v) is 10.3. The van der Waals surface area contributed by atoms with Gasteiger partial charge in [-0.05, 0) is 48.1 Å². The highest BCUT2D eigenvalue weighted by Gasteiger charge is 2.14.